The molecule has 0 spiro atoms. The summed E-state index contributed by atoms with van der Waals surface area (Å²) in [5, 5.41) is 4.95. The highest BCUT2D eigenvalue weighted by atomic mass is 32.2. The van der Waals surface area contributed by atoms with Crippen molar-refractivity contribution in [2.45, 2.75) is 24.3 Å². The van der Waals surface area contributed by atoms with Gasteiger partial charge in [0.2, 0.25) is 15.9 Å². The summed E-state index contributed by atoms with van der Waals surface area (Å²) < 4.78 is 25.3. The first-order valence-electron chi connectivity index (χ1n) is 8.42. The molecule has 0 fully saturated rings. The highest BCUT2D eigenvalue weighted by Crippen LogP contribution is 2.32. The molecule has 0 saturated heterocycles. The van der Waals surface area contributed by atoms with Crippen LogP contribution in [-0.4, -0.2) is 50.7 Å². The van der Waals surface area contributed by atoms with Crippen molar-refractivity contribution in [1.29, 1.82) is 0 Å². The molecule has 0 aliphatic carbocycles. The van der Waals surface area contributed by atoms with E-state index in [9.17, 15) is 13.2 Å². The van der Waals surface area contributed by atoms with Crippen LogP contribution in [0.1, 0.15) is 23.4 Å². The highest BCUT2D eigenvalue weighted by Gasteiger charge is 2.26. The minimum Gasteiger partial charge on any atom is -0.325 e. The van der Waals surface area contributed by atoms with Crippen LogP contribution in [0.2, 0.25) is 0 Å². The molecule has 1 aliphatic heterocycles. The average Bonchev–Trinajstić information content (AvgIpc) is 3.07. The van der Waals surface area contributed by atoms with Gasteiger partial charge in [0.05, 0.1) is 11.4 Å². The van der Waals surface area contributed by atoms with Crippen molar-refractivity contribution in [3.8, 4) is 0 Å². The summed E-state index contributed by atoms with van der Waals surface area (Å²) in [5.41, 5.74) is 1.90. The van der Waals surface area contributed by atoms with Crippen molar-refractivity contribution < 1.29 is 13.2 Å². The van der Waals surface area contributed by atoms with Gasteiger partial charge in [-0.2, -0.15) is 0 Å². The van der Waals surface area contributed by atoms with Gasteiger partial charge in [0.25, 0.3) is 0 Å². The summed E-state index contributed by atoms with van der Waals surface area (Å²) in [4.78, 5) is 16.2. The molecule has 0 unspecified atom stereocenters. The van der Waals surface area contributed by atoms with E-state index in [4.69, 9.17) is 0 Å². The predicted octanol–water partition coefficient (Wildman–Crippen LogP) is 2.56. The molecule has 1 aromatic heterocycles. The Bertz CT molecular complexity index is 889. The third-order valence-electron chi connectivity index (χ3n) is 4.67. The van der Waals surface area contributed by atoms with Crippen LogP contribution in [0.3, 0.4) is 0 Å². The Labute approximate surface area is 158 Å². The van der Waals surface area contributed by atoms with Gasteiger partial charge in [0.15, 0.2) is 0 Å². The molecule has 2 aromatic rings. The van der Waals surface area contributed by atoms with Gasteiger partial charge in [0, 0.05) is 37.2 Å². The molecule has 0 radical (unpaired) electrons. The molecule has 0 saturated carbocycles. The zero-order valence-corrected chi connectivity index (χ0v) is 16.7. The molecule has 140 valence electrons. The van der Waals surface area contributed by atoms with Gasteiger partial charge in [-0.3, -0.25) is 9.69 Å². The van der Waals surface area contributed by atoms with Crippen LogP contribution in [0.25, 0.3) is 0 Å². The van der Waals surface area contributed by atoms with E-state index in [2.05, 4.69) is 28.6 Å². The minimum atomic E-state index is -3.46. The van der Waals surface area contributed by atoms with Gasteiger partial charge in [-0.05, 0) is 54.6 Å². The lowest BCUT2D eigenvalue weighted by molar-refractivity contribution is -0.117. The number of rotatable bonds is 5. The number of nitrogens with zero attached hydrogens (tertiary/aromatic N) is 2. The largest absolute Gasteiger partial charge is 0.325 e. The number of benzene rings is 1. The van der Waals surface area contributed by atoms with E-state index >= 15 is 0 Å². The van der Waals surface area contributed by atoms with E-state index in [0.717, 1.165) is 17.3 Å². The number of fused-ring (bicyclic) bond motifs is 1. The van der Waals surface area contributed by atoms with Gasteiger partial charge in [-0.15, -0.1) is 11.3 Å². The Morgan fingerprint density at radius 3 is 2.62 bits per heavy atom. The summed E-state index contributed by atoms with van der Waals surface area (Å²) in [6.07, 6.45) is 0.974. The number of hydrogen-bond donors (Lipinski definition) is 1. The Morgan fingerprint density at radius 1 is 1.27 bits per heavy atom. The molecule has 1 N–H and O–H groups in total. The SMILES string of the molecule is C[C@H]1c2ccsc2CCN1CC(=O)Nc1ccc(S(=O)(=O)N(C)C)cc1. The van der Waals surface area contributed by atoms with Crippen LogP contribution in [0.15, 0.2) is 40.6 Å². The molecule has 2 heterocycles. The number of amides is 1. The summed E-state index contributed by atoms with van der Waals surface area (Å²) >= 11 is 1.78. The Hall–Kier alpha value is -1.74. The van der Waals surface area contributed by atoms with Crippen molar-refractivity contribution in [2.24, 2.45) is 0 Å². The lowest BCUT2D eigenvalue weighted by Gasteiger charge is -2.32. The number of thiophene rings is 1. The molecule has 1 amide bonds. The van der Waals surface area contributed by atoms with E-state index < -0.39 is 10.0 Å². The fraction of sp³-hybridized carbons (Fsp3) is 0.389. The third-order valence-corrected chi connectivity index (χ3v) is 7.49. The maximum Gasteiger partial charge on any atom is 0.242 e. The zero-order valence-electron chi connectivity index (χ0n) is 15.1. The molecule has 1 aromatic carbocycles. The maximum atomic E-state index is 12.4. The standard InChI is InChI=1S/C18H23N3O3S2/c1-13-16-9-11-25-17(16)8-10-21(13)12-18(22)19-14-4-6-15(7-5-14)26(23,24)20(2)3/h4-7,9,11,13H,8,10,12H2,1-3H3,(H,19,22)/t13-/m0/s1. The van der Waals surface area contributed by atoms with E-state index in [0.29, 0.717) is 12.2 Å². The number of nitrogens with one attached hydrogen (secondary N) is 1. The predicted molar refractivity (Wildman–Crippen MR) is 104 cm³/mol. The van der Waals surface area contributed by atoms with Crippen molar-refractivity contribution in [2.75, 3.05) is 32.5 Å². The van der Waals surface area contributed by atoms with Gasteiger partial charge >= 0.3 is 0 Å². The Kier molecular flexibility index (Phi) is 5.47. The maximum absolute atomic E-state index is 12.4. The molecule has 26 heavy (non-hydrogen) atoms. The van der Waals surface area contributed by atoms with Gasteiger partial charge in [-0.25, -0.2) is 12.7 Å². The second-order valence-electron chi connectivity index (χ2n) is 6.56. The quantitative estimate of drug-likeness (QED) is 0.848. The average molecular weight is 394 g/mol. The van der Waals surface area contributed by atoms with Crippen molar-refractivity contribution in [3.05, 3.63) is 46.2 Å². The molecule has 3 rings (SSSR count). The minimum absolute atomic E-state index is 0.0984. The van der Waals surface area contributed by atoms with Crippen LogP contribution < -0.4 is 5.32 Å². The summed E-state index contributed by atoms with van der Waals surface area (Å²) in [6, 6.07) is 8.61. The lowest BCUT2D eigenvalue weighted by atomic mass is 10.0. The number of sulfonamides is 1. The first-order chi connectivity index (χ1) is 12.3. The molecule has 1 aliphatic rings. The Morgan fingerprint density at radius 2 is 1.96 bits per heavy atom. The fourth-order valence-corrected chi connectivity index (χ4v) is 4.95. The molecular weight excluding hydrogens is 370 g/mol. The van der Waals surface area contributed by atoms with E-state index in [1.54, 1.807) is 23.5 Å². The molecule has 8 heteroatoms. The topological polar surface area (TPSA) is 69.7 Å². The second-order valence-corrected chi connectivity index (χ2v) is 9.71. The summed E-state index contributed by atoms with van der Waals surface area (Å²) in [7, 11) is -0.482. The van der Waals surface area contributed by atoms with Gasteiger partial charge in [-0.1, -0.05) is 0 Å². The van der Waals surface area contributed by atoms with Crippen LogP contribution in [-0.2, 0) is 21.2 Å². The van der Waals surface area contributed by atoms with Gasteiger partial charge in [0.1, 0.15) is 0 Å². The first-order valence-corrected chi connectivity index (χ1v) is 10.7. The van der Waals surface area contributed by atoms with E-state index in [1.807, 2.05) is 0 Å². The third kappa shape index (κ3) is 3.83. The molecule has 1 atom stereocenters. The normalized spacial score (nSPS) is 17.9. The van der Waals surface area contributed by atoms with Crippen LogP contribution in [0, 0.1) is 0 Å². The zero-order chi connectivity index (χ0) is 18.9. The fourth-order valence-electron chi connectivity index (χ4n) is 3.08. The monoisotopic (exact) mass is 393 g/mol. The molecular formula is C18H23N3O3S2. The molecule has 6 nitrogen and oxygen atoms in total. The number of carbonyl (C=O) groups excluding carboxylic acids is 1. The second kappa shape index (κ2) is 7.48. The van der Waals surface area contributed by atoms with E-state index in [1.165, 1.54) is 36.7 Å². The number of hydrogen-bond acceptors (Lipinski definition) is 5. The van der Waals surface area contributed by atoms with Gasteiger partial charge < -0.3 is 5.32 Å². The van der Waals surface area contributed by atoms with Crippen LogP contribution >= 0.6 is 11.3 Å². The first kappa shape index (κ1) is 19.0. The van der Waals surface area contributed by atoms with Crippen molar-refractivity contribution in [3.63, 3.8) is 0 Å². The highest BCUT2D eigenvalue weighted by molar-refractivity contribution is 7.89. The summed E-state index contributed by atoms with van der Waals surface area (Å²) in [5.74, 6) is -0.0984. The lowest BCUT2D eigenvalue weighted by Crippen LogP contribution is -2.39. The Balaban J connectivity index is 1.62. The molecule has 0 bridgehead atoms. The summed E-state index contributed by atoms with van der Waals surface area (Å²) in [6.45, 7) is 3.30. The van der Waals surface area contributed by atoms with Crippen LogP contribution in [0.4, 0.5) is 5.69 Å². The van der Waals surface area contributed by atoms with Crippen LogP contribution in [0.5, 0.6) is 0 Å². The van der Waals surface area contributed by atoms with E-state index in [-0.39, 0.29) is 16.8 Å². The van der Waals surface area contributed by atoms with Crippen molar-refractivity contribution >= 4 is 33.0 Å². The number of anilines is 1. The smallest absolute Gasteiger partial charge is 0.242 e. The van der Waals surface area contributed by atoms with Crippen molar-refractivity contribution in [1.82, 2.24) is 9.21 Å². The number of carbonyl (C=O) groups is 1.